The van der Waals surface area contributed by atoms with Gasteiger partial charge in [0, 0.05) is 0 Å². The van der Waals surface area contributed by atoms with Crippen LogP contribution in [0.4, 0.5) is 0 Å². The van der Waals surface area contributed by atoms with E-state index in [0.717, 1.165) is 5.11 Å². The normalized spacial score (nSPS) is 20.1. The molecule has 0 aliphatic carbocycles. The van der Waals surface area contributed by atoms with E-state index in [1.807, 2.05) is 0 Å². The second-order valence-corrected chi connectivity index (χ2v) is 6.09. The third-order valence-corrected chi connectivity index (χ3v) is 4.16. The van der Waals surface area contributed by atoms with Gasteiger partial charge in [-0.2, -0.15) is 0 Å². The van der Waals surface area contributed by atoms with Crippen molar-refractivity contribution in [2.45, 2.75) is 84.2 Å². The van der Waals surface area contributed by atoms with Gasteiger partial charge in [-0.1, -0.05) is 65.2 Å². The van der Waals surface area contributed by atoms with E-state index in [9.17, 15) is 0 Å². The fraction of sp³-hybridized carbons (Fsp3) is 0.933. The van der Waals surface area contributed by atoms with Crippen molar-refractivity contribution in [1.82, 2.24) is 16.2 Å². The number of rotatable bonds is 11. The zero-order valence-electron chi connectivity index (χ0n) is 12.6. The molecule has 0 radical (unpaired) electrons. The van der Waals surface area contributed by atoms with Crippen LogP contribution in [0.2, 0.25) is 0 Å². The van der Waals surface area contributed by atoms with Crippen molar-refractivity contribution in [1.29, 1.82) is 0 Å². The summed E-state index contributed by atoms with van der Waals surface area (Å²) in [5, 5.41) is 4.06. The predicted octanol–water partition coefficient (Wildman–Crippen LogP) is 3.85. The Morgan fingerprint density at radius 3 is 2.21 bits per heavy atom. The number of unbranched alkanes of at least 4 members (excludes halogenated alkanes) is 6. The minimum Gasteiger partial charge on any atom is -0.345 e. The molecule has 0 aromatic carbocycles. The number of hydrogen-bond donors (Lipinski definition) is 3. The van der Waals surface area contributed by atoms with Crippen molar-refractivity contribution in [3.63, 3.8) is 0 Å². The number of nitrogens with one attached hydrogen (secondary N) is 3. The fourth-order valence-corrected chi connectivity index (χ4v) is 2.99. The first-order chi connectivity index (χ1) is 9.27. The summed E-state index contributed by atoms with van der Waals surface area (Å²) in [7, 11) is 0. The van der Waals surface area contributed by atoms with Crippen LogP contribution in [0.3, 0.4) is 0 Å². The SMILES string of the molecule is CCCCCCCCCC(CCC)C1NNC(=S)N1. The Morgan fingerprint density at radius 1 is 0.947 bits per heavy atom. The highest BCUT2D eigenvalue weighted by Crippen LogP contribution is 2.20. The van der Waals surface area contributed by atoms with Crippen LogP contribution in [0.5, 0.6) is 0 Å². The van der Waals surface area contributed by atoms with Crippen LogP contribution < -0.4 is 16.2 Å². The van der Waals surface area contributed by atoms with Crippen LogP contribution in [-0.2, 0) is 0 Å². The van der Waals surface area contributed by atoms with Gasteiger partial charge in [0.2, 0.25) is 0 Å². The Bertz CT molecular complexity index is 246. The van der Waals surface area contributed by atoms with Crippen molar-refractivity contribution in [3.8, 4) is 0 Å². The summed E-state index contributed by atoms with van der Waals surface area (Å²) in [6.07, 6.45) is 13.8. The molecule has 0 saturated carbocycles. The van der Waals surface area contributed by atoms with E-state index in [1.165, 1.54) is 64.2 Å². The van der Waals surface area contributed by atoms with E-state index < -0.39 is 0 Å². The zero-order valence-corrected chi connectivity index (χ0v) is 13.5. The lowest BCUT2D eigenvalue weighted by molar-refractivity contribution is 0.303. The van der Waals surface area contributed by atoms with Crippen LogP contribution in [-0.4, -0.2) is 11.3 Å². The summed E-state index contributed by atoms with van der Waals surface area (Å²) in [4.78, 5) is 0. The topological polar surface area (TPSA) is 36.1 Å². The van der Waals surface area contributed by atoms with Gasteiger partial charge in [0.05, 0.1) is 6.17 Å². The Kier molecular flexibility index (Phi) is 9.18. The van der Waals surface area contributed by atoms with Crippen LogP contribution >= 0.6 is 12.2 Å². The molecule has 19 heavy (non-hydrogen) atoms. The quantitative estimate of drug-likeness (QED) is 0.398. The largest absolute Gasteiger partial charge is 0.345 e. The summed E-state index contributed by atoms with van der Waals surface area (Å²) in [5.41, 5.74) is 6.26. The smallest absolute Gasteiger partial charge is 0.182 e. The number of hydrazine groups is 1. The molecule has 1 rings (SSSR count). The van der Waals surface area contributed by atoms with Gasteiger partial charge in [0.1, 0.15) is 0 Å². The van der Waals surface area contributed by atoms with Crippen LogP contribution in [0.25, 0.3) is 0 Å². The summed E-state index contributed by atoms with van der Waals surface area (Å²) < 4.78 is 0. The van der Waals surface area contributed by atoms with Gasteiger partial charge in [0.25, 0.3) is 0 Å². The van der Waals surface area contributed by atoms with Gasteiger partial charge in [-0.15, -0.1) is 0 Å². The van der Waals surface area contributed by atoms with Crippen LogP contribution in [0.1, 0.15) is 78.1 Å². The molecule has 2 atom stereocenters. The summed E-state index contributed by atoms with van der Waals surface area (Å²) in [5.74, 6) is 0.689. The first-order valence-electron chi connectivity index (χ1n) is 8.10. The highest BCUT2D eigenvalue weighted by atomic mass is 32.1. The molecule has 3 nitrogen and oxygen atoms in total. The average molecular weight is 286 g/mol. The van der Waals surface area contributed by atoms with Gasteiger partial charge in [-0.25, -0.2) is 5.43 Å². The molecule has 3 N–H and O–H groups in total. The Labute approximate surface area is 124 Å². The standard InChI is InChI=1S/C15H31N3S/c1-3-5-6-7-8-9-10-12-13(11-4-2)14-16-15(19)18-17-14/h13-14,17H,3-12H2,1-2H3,(H2,16,18,19). The molecule has 1 fully saturated rings. The second kappa shape index (κ2) is 10.4. The zero-order chi connectivity index (χ0) is 13.9. The Hall–Kier alpha value is -0.350. The molecule has 4 heteroatoms. The van der Waals surface area contributed by atoms with Crippen molar-refractivity contribution < 1.29 is 0 Å². The Balaban J connectivity index is 2.10. The van der Waals surface area contributed by atoms with E-state index in [1.54, 1.807) is 0 Å². The monoisotopic (exact) mass is 285 g/mol. The molecule has 0 amide bonds. The molecule has 0 aromatic rings. The first-order valence-corrected chi connectivity index (χ1v) is 8.50. The molecule has 1 aliphatic heterocycles. The lowest BCUT2D eigenvalue weighted by Crippen LogP contribution is -2.40. The third kappa shape index (κ3) is 7.11. The van der Waals surface area contributed by atoms with Crippen molar-refractivity contribution >= 4 is 17.3 Å². The molecular formula is C15H31N3S. The Morgan fingerprint density at radius 2 is 1.63 bits per heavy atom. The van der Waals surface area contributed by atoms with Gasteiger partial charge >= 0.3 is 0 Å². The summed E-state index contributed by atoms with van der Waals surface area (Å²) in [6, 6.07) is 0. The maximum absolute atomic E-state index is 5.11. The highest BCUT2D eigenvalue weighted by molar-refractivity contribution is 7.80. The molecule has 0 spiro atoms. The van der Waals surface area contributed by atoms with E-state index in [4.69, 9.17) is 12.2 Å². The molecule has 1 saturated heterocycles. The number of thiocarbonyl (C=S) groups is 1. The molecule has 0 aromatic heterocycles. The molecule has 1 aliphatic rings. The summed E-state index contributed by atoms with van der Waals surface area (Å²) >= 11 is 5.11. The van der Waals surface area contributed by atoms with Gasteiger partial charge in [-0.05, 0) is 31.0 Å². The lowest BCUT2D eigenvalue weighted by Gasteiger charge is -2.22. The fourth-order valence-electron chi connectivity index (χ4n) is 2.80. The molecule has 0 bridgehead atoms. The van der Waals surface area contributed by atoms with Crippen molar-refractivity contribution in [2.75, 3.05) is 0 Å². The van der Waals surface area contributed by atoms with Crippen molar-refractivity contribution in [2.24, 2.45) is 5.92 Å². The third-order valence-electron chi connectivity index (χ3n) is 3.94. The maximum atomic E-state index is 5.11. The van der Waals surface area contributed by atoms with Gasteiger partial charge in [0.15, 0.2) is 5.11 Å². The minimum absolute atomic E-state index is 0.326. The van der Waals surface area contributed by atoms with E-state index >= 15 is 0 Å². The van der Waals surface area contributed by atoms with E-state index in [0.29, 0.717) is 12.1 Å². The maximum Gasteiger partial charge on any atom is 0.182 e. The van der Waals surface area contributed by atoms with Crippen LogP contribution in [0, 0.1) is 5.92 Å². The van der Waals surface area contributed by atoms with Gasteiger partial charge in [-0.3, -0.25) is 5.43 Å². The second-order valence-electron chi connectivity index (χ2n) is 5.68. The predicted molar refractivity (Wildman–Crippen MR) is 86.8 cm³/mol. The first kappa shape index (κ1) is 16.7. The average Bonchev–Trinajstić information content (AvgIpc) is 2.83. The van der Waals surface area contributed by atoms with Gasteiger partial charge < -0.3 is 5.32 Å². The summed E-state index contributed by atoms with van der Waals surface area (Å²) in [6.45, 7) is 4.54. The molecular weight excluding hydrogens is 254 g/mol. The van der Waals surface area contributed by atoms with Crippen molar-refractivity contribution in [3.05, 3.63) is 0 Å². The van der Waals surface area contributed by atoms with E-state index in [2.05, 4.69) is 30.0 Å². The lowest BCUT2D eigenvalue weighted by atomic mass is 9.93. The van der Waals surface area contributed by atoms with Crippen LogP contribution in [0.15, 0.2) is 0 Å². The van der Waals surface area contributed by atoms with E-state index in [-0.39, 0.29) is 0 Å². The molecule has 1 heterocycles. The minimum atomic E-state index is 0.326. The molecule has 112 valence electrons. The highest BCUT2D eigenvalue weighted by Gasteiger charge is 2.25. The molecule has 2 unspecified atom stereocenters. The number of hydrogen-bond acceptors (Lipinski definition) is 2.